The zero-order valence-electron chi connectivity index (χ0n) is 11.2. The van der Waals surface area contributed by atoms with Crippen molar-refractivity contribution in [3.8, 4) is 0 Å². The lowest BCUT2D eigenvalue weighted by Gasteiger charge is -2.19. The molecule has 0 aliphatic carbocycles. The summed E-state index contributed by atoms with van der Waals surface area (Å²) in [6, 6.07) is 1.30. The van der Waals surface area contributed by atoms with Crippen molar-refractivity contribution in [1.82, 2.24) is 4.57 Å². The van der Waals surface area contributed by atoms with Crippen molar-refractivity contribution in [2.24, 2.45) is 0 Å². The molecule has 1 amide bonds. The van der Waals surface area contributed by atoms with Crippen LogP contribution < -0.4 is 5.32 Å². The smallest absolute Gasteiger partial charge is 0.418 e. The Kier molecular flexibility index (Phi) is 4.46. The normalized spacial score (nSPS) is 12.1. The summed E-state index contributed by atoms with van der Waals surface area (Å²) in [6.07, 6.45) is -4.36. The molecule has 0 spiro atoms. The van der Waals surface area contributed by atoms with Crippen molar-refractivity contribution >= 4 is 17.7 Å². The maximum Gasteiger partial charge on any atom is 0.418 e. The molecule has 20 heavy (non-hydrogen) atoms. The van der Waals surface area contributed by atoms with Crippen LogP contribution in [-0.4, -0.2) is 28.3 Å². The molecule has 0 saturated heterocycles. The molecule has 0 fully saturated rings. The Morgan fingerprint density at radius 3 is 2.40 bits per heavy atom. The Morgan fingerprint density at radius 2 is 1.90 bits per heavy atom. The van der Waals surface area contributed by atoms with Gasteiger partial charge in [-0.05, 0) is 26.8 Å². The van der Waals surface area contributed by atoms with Crippen LogP contribution >= 0.6 is 0 Å². The molecule has 5 nitrogen and oxygen atoms in total. The van der Waals surface area contributed by atoms with Gasteiger partial charge in [-0.1, -0.05) is 0 Å². The number of ether oxygens (including phenoxy) is 1. The van der Waals surface area contributed by atoms with Crippen molar-refractivity contribution in [2.45, 2.75) is 39.0 Å². The zero-order chi connectivity index (χ0) is 15.6. The van der Waals surface area contributed by atoms with Crippen LogP contribution in [0.25, 0.3) is 0 Å². The number of nitrogens with one attached hydrogen (secondary N) is 1. The first kappa shape index (κ1) is 16.1. The summed E-state index contributed by atoms with van der Waals surface area (Å²) >= 11 is 0. The molecule has 112 valence electrons. The third kappa shape index (κ3) is 5.77. The van der Waals surface area contributed by atoms with Crippen molar-refractivity contribution < 1.29 is 27.5 Å². The summed E-state index contributed by atoms with van der Waals surface area (Å²) in [6.45, 7) is 5.04. The topological polar surface area (TPSA) is 60.3 Å². The minimum Gasteiger partial charge on any atom is -0.443 e. The minimum atomic E-state index is -4.57. The summed E-state index contributed by atoms with van der Waals surface area (Å²) in [5.41, 5.74) is -0.605. The van der Waals surface area contributed by atoms with E-state index < -0.39 is 30.2 Å². The van der Waals surface area contributed by atoms with Gasteiger partial charge < -0.3 is 10.1 Å². The molecule has 8 heteroatoms. The monoisotopic (exact) mass is 292 g/mol. The van der Waals surface area contributed by atoms with Gasteiger partial charge in [0.15, 0.2) is 0 Å². The summed E-state index contributed by atoms with van der Waals surface area (Å²) in [7, 11) is 0. The predicted molar refractivity (Wildman–Crippen MR) is 65.4 cm³/mol. The number of hydrogen-bond acceptors (Lipinski definition) is 3. The van der Waals surface area contributed by atoms with Crippen LogP contribution in [-0.2, 0) is 9.53 Å². The molecular formula is C12H15F3N2O3. The van der Waals surface area contributed by atoms with Crippen LogP contribution in [0.15, 0.2) is 18.5 Å². The maximum absolute atomic E-state index is 12.0. The molecule has 1 heterocycles. The summed E-state index contributed by atoms with van der Waals surface area (Å²) in [4.78, 5) is 22.7. The molecule has 0 atom stereocenters. The van der Waals surface area contributed by atoms with Crippen LogP contribution in [0, 0.1) is 0 Å². The summed E-state index contributed by atoms with van der Waals surface area (Å²) in [5, 5.41) is 2.05. The van der Waals surface area contributed by atoms with Gasteiger partial charge in [0.2, 0.25) is 5.91 Å². The lowest BCUT2D eigenvalue weighted by molar-refractivity contribution is -0.150. The molecule has 0 aliphatic heterocycles. The van der Waals surface area contributed by atoms with Gasteiger partial charge in [0.25, 0.3) is 0 Å². The van der Waals surface area contributed by atoms with Crippen LogP contribution in [0.4, 0.5) is 23.7 Å². The van der Waals surface area contributed by atoms with Crippen molar-refractivity contribution in [2.75, 3.05) is 5.32 Å². The van der Waals surface area contributed by atoms with Gasteiger partial charge in [-0.25, -0.2) is 4.79 Å². The highest BCUT2D eigenvalue weighted by Gasteiger charge is 2.31. The fraction of sp³-hybridized carbons (Fsp3) is 0.500. The van der Waals surface area contributed by atoms with Crippen molar-refractivity contribution in [3.05, 3.63) is 18.5 Å². The molecular weight excluding hydrogens is 277 g/mol. The van der Waals surface area contributed by atoms with Gasteiger partial charge in [-0.15, -0.1) is 0 Å². The molecule has 0 radical (unpaired) electrons. The Bertz CT molecular complexity index is 501. The highest BCUT2D eigenvalue weighted by Crippen LogP contribution is 2.20. The van der Waals surface area contributed by atoms with Crippen LogP contribution in [0.5, 0.6) is 0 Å². The van der Waals surface area contributed by atoms with Gasteiger partial charge in [0.1, 0.15) is 12.0 Å². The highest BCUT2D eigenvalue weighted by atomic mass is 19.4. The largest absolute Gasteiger partial charge is 0.443 e. The second kappa shape index (κ2) is 5.56. The molecule has 0 saturated carbocycles. The number of anilines is 1. The van der Waals surface area contributed by atoms with E-state index in [0.717, 1.165) is 4.57 Å². The number of carbonyl (C=O) groups is 2. The number of halogens is 3. The van der Waals surface area contributed by atoms with Crippen molar-refractivity contribution in [1.29, 1.82) is 0 Å². The summed E-state index contributed by atoms with van der Waals surface area (Å²) < 4.78 is 42.1. The average Bonchev–Trinajstić information content (AvgIpc) is 2.59. The minimum absolute atomic E-state index is 0.0881. The van der Waals surface area contributed by atoms with Crippen LogP contribution in [0.3, 0.4) is 0 Å². The lowest BCUT2D eigenvalue weighted by atomic mass is 10.2. The van der Waals surface area contributed by atoms with E-state index in [1.165, 1.54) is 18.5 Å². The predicted octanol–water partition coefficient (Wildman–Crippen LogP) is 3.16. The van der Waals surface area contributed by atoms with E-state index in [-0.39, 0.29) is 5.69 Å². The Labute approximate surface area is 113 Å². The molecule has 0 unspecified atom stereocenters. The Morgan fingerprint density at radius 1 is 1.30 bits per heavy atom. The Hall–Kier alpha value is -1.99. The van der Waals surface area contributed by atoms with Crippen molar-refractivity contribution in [3.63, 3.8) is 0 Å². The molecule has 1 aromatic heterocycles. The van der Waals surface area contributed by atoms with E-state index in [1.54, 1.807) is 20.8 Å². The highest BCUT2D eigenvalue weighted by molar-refractivity contribution is 5.91. The van der Waals surface area contributed by atoms with Gasteiger partial charge in [0, 0.05) is 12.4 Å². The zero-order valence-corrected chi connectivity index (χ0v) is 11.2. The standard InChI is InChI=1S/C12H15F3N2O3/c1-11(2,3)20-10(19)17-5-4-8(7-17)16-9(18)6-12(13,14)15/h4-5,7H,6H2,1-3H3,(H,16,18). The van der Waals surface area contributed by atoms with Gasteiger partial charge in [-0.2, -0.15) is 13.2 Å². The molecule has 0 aliphatic rings. The number of alkyl halides is 3. The number of hydrogen-bond donors (Lipinski definition) is 1. The van der Waals surface area contributed by atoms with E-state index in [9.17, 15) is 22.8 Å². The first-order valence-corrected chi connectivity index (χ1v) is 5.74. The quantitative estimate of drug-likeness (QED) is 0.910. The van der Waals surface area contributed by atoms with E-state index >= 15 is 0 Å². The molecule has 1 aromatic rings. The fourth-order valence-electron chi connectivity index (χ4n) is 1.29. The number of carbonyl (C=O) groups excluding carboxylic acids is 2. The molecule has 0 aromatic carbocycles. The molecule has 1 N–H and O–H groups in total. The first-order valence-electron chi connectivity index (χ1n) is 5.74. The molecule has 1 rings (SSSR count). The van der Waals surface area contributed by atoms with E-state index in [4.69, 9.17) is 4.74 Å². The van der Waals surface area contributed by atoms with Crippen LogP contribution in [0.1, 0.15) is 27.2 Å². The third-order valence-corrected chi connectivity index (χ3v) is 1.94. The van der Waals surface area contributed by atoms with E-state index in [2.05, 4.69) is 0 Å². The van der Waals surface area contributed by atoms with E-state index in [1.807, 2.05) is 5.32 Å². The number of rotatable bonds is 2. The number of aromatic nitrogens is 1. The number of nitrogens with zero attached hydrogens (tertiary/aromatic N) is 1. The Balaban J connectivity index is 2.64. The number of amides is 1. The molecule has 0 bridgehead atoms. The first-order chi connectivity index (χ1) is 8.96. The SMILES string of the molecule is CC(C)(C)OC(=O)n1ccc(NC(=O)CC(F)(F)F)c1. The second-order valence-electron chi connectivity index (χ2n) is 5.13. The van der Waals surface area contributed by atoms with Gasteiger partial charge >= 0.3 is 12.3 Å². The lowest BCUT2D eigenvalue weighted by Crippen LogP contribution is -2.26. The van der Waals surface area contributed by atoms with Crippen LogP contribution in [0.2, 0.25) is 0 Å². The average molecular weight is 292 g/mol. The van der Waals surface area contributed by atoms with E-state index in [0.29, 0.717) is 0 Å². The second-order valence-corrected chi connectivity index (χ2v) is 5.13. The third-order valence-electron chi connectivity index (χ3n) is 1.94. The van der Waals surface area contributed by atoms with Gasteiger partial charge in [-0.3, -0.25) is 9.36 Å². The summed E-state index contributed by atoms with van der Waals surface area (Å²) in [5.74, 6) is -1.19. The maximum atomic E-state index is 12.0. The van der Waals surface area contributed by atoms with Gasteiger partial charge in [0.05, 0.1) is 5.69 Å². The fourth-order valence-corrected chi connectivity index (χ4v) is 1.29.